The maximum Gasteiger partial charge on any atom is 5.00 e. The molecule has 0 saturated heterocycles. The molecule has 0 radical (unpaired) electrons. The first kappa shape index (κ1) is 85.2. The Balaban J connectivity index is -0.000000000500. The summed E-state index contributed by atoms with van der Waals surface area (Å²) >= 11 is 0. The molecule has 0 bridgehead atoms. The van der Waals surface area contributed by atoms with Crippen molar-refractivity contribution in [1.82, 2.24) is 0 Å². The van der Waals surface area contributed by atoms with Crippen molar-refractivity contribution in [1.29, 1.82) is 4.89 Å². The van der Waals surface area contributed by atoms with E-state index in [1.165, 1.54) is 9.88 Å². The van der Waals surface area contributed by atoms with E-state index in [0.717, 1.165) is 0 Å². The van der Waals surface area contributed by atoms with Crippen LogP contribution in [0.15, 0.2) is 0 Å². The van der Waals surface area contributed by atoms with E-state index in [1.807, 2.05) is 0 Å². The van der Waals surface area contributed by atoms with Gasteiger partial charge in [-0.1, -0.05) is 0 Å². The molecule has 0 aliphatic heterocycles. The zero-order chi connectivity index (χ0) is 2.00. The van der Waals surface area contributed by atoms with Crippen molar-refractivity contribution in [3.05, 3.63) is 18.5 Å². The minimum Gasteiger partial charge on any atom is -3.00 e. The van der Waals surface area contributed by atoms with Crippen LogP contribution in [0.2, 0.25) is 0 Å². The molecule has 0 saturated carbocycles. The van der Waals surface area contributed by atoms with E-state index in [4.69, 9.17) is 4.89 Å². The minimum atomic E-state index is 0. The van der Waals surface area contributed by atoms with Crippen LogP contribution in [0.5, 0.6) is 0 Å². The fraction of sp³-hybridized carbons (Fsp3) is 0. The summed E-state index contributed by atoms with van der Waals surface area (Å²) < 4.78 is 0. The Morgan fingerprint density at radius 3 is 0.857 bits per heavy atom. The molecule has 0 aliphatic carbocycles. The Kier molecular flexibility index (Phi) is 2180. The molecule has 0 spiro atoms. The van der Waals surface area contributed by atoms with Gasteiger partial charge in [0, 0.05) is 0 Å². The summed E-state index contributed by atoms with van der Waals surface area (Å²) in [6, 6.07) is 0. The van der Waals surface area contributed by atoms with Crippen LogP contribution in [0.25, 0.3) is 18.5 Å². The Hall–Kier alpha value is 1.26. The van der Waals surface area contributed by atoms with Crippen LogP contribution < -0.4 is 0 Å². The van der Waals surface area contributed by atoms with Crippen molar-refractivity contribution in [2.75, 3.05) is 0 Å². The van der Waals surface area contributed by atoms with Gasteiger partial charge in [-0.15, -0.1) is 0 Å². The molecular formula is HN4SiTaTi. The first-order valence-electron chi connectivity index (χ1n) is 0.258. The summed E-state index contributed by atoms with van der Waals surface area (Å²) in [6.07, 6.45) is 0. The molecule has 0 N–H and O–H groups in total. The van der Waals surface area contributed by atoms with Gasteiger partial charge in [0.25, 0.3) is 0 Å². The minimum absolute atomic E-state index is 0. The van der Waals surface area contributed by atoms with Crippen molar-refractivity contribution in [3.63, 3.8) is 0 Å². The Morgan fingerprint density at radius 2 is 0.857 bits per heavy atom. The third-order valence-corrected chi connectivity index (χ3v) is 0. The van der Waals surface area contributed by atoms with Gasteiger partial charge in [-0.25, -0.2) is 0 Å². The topological polar surface area (TPSA) is 115 Å². The number of hydrogen-bond donors (Lipinski definition) is 0. The van der Waals surface area contributed by atoms with E-state index < -0.39 is 0 Å². The Bertz CT molecular complexity index is 16.4. The smallest absolute Gasteiger partial charge is 3.00 e. The van der Waals surface area contributed by atoms with Gasteiger partial charge in [-0.3, -0.25) is 4.89 Å². The van der Waals surface area contributed by atoms with Gasteiger partial charge in [-0.2, -0.15) is 0 Å². The molecule has 0 rings (SSSR count). The van der Waals surface area contributed by atoms with E-state index in [0.29, 0.717) is 0 Å². The molecule has 7 heavy (non-hydrogen) atoms. The molecule has 7 heteroatoms. The number of hydrogen-bond acceptors (Lipinski definition) is 1. The molecule has 0 heterocycles. The second-order valence-electron chi connectivity index (χ2n) is 0. The maximum absolute atomic E-state index is 6.92. The molecule has 0 unspecified atom stereocenters. The monoisotopic (exact) mass is 314 g/mol. The molecule has 0 fully saturated rings. The first-order valence-corrected chi connectivity index (χ1v) is 0.775. The van der Waals surface area contributed by atoms with Crippen LogP contribution in [0.1, 0.15) is 0 Å². The maximum atomic E-state index is 6.92. The van der Waals surface area contributed by atoms with Gasteiger partial charge in [-0.05, 0) is 0 Å². The van der Waals surface area contributed by atoms with Gasteiger partial charge in [0.05, 0.1) is 0 Å². The normalized spacial score (nSPS) is 0.286. The molecule has 34 valence electrons. The molecule has 0 aromatic heterocycles. The zero-order valence-corrected chi connectivity index (χ0v) is 9.24. The number of rotatable bonds is 0. The quantitative estimate of drug-likeness (QED) is 0.585. The Morgan fingerprint density at radius 1 is 0.857 bits per heavy atom. The fourth-order valence-corrected chi connectivity index (χ4v) is 0. The van der Waals surface area contributed by atoms with Crippen molar-refractivity contribution in [2.24, 2.45) is 0 Å². The van der Waals surface area contributed by atoms with Gasteiger partial charge < -0.3 is 18.5 Å². The van der Waals surface area contributed by atoms with Crippen LogP contribution >= 0.6 is 0 Å². The second kappa shape index (κ2) is 179. The predicted molar refractivity (Wildman–Crippen MR) is 19.0 cm³/mol. The van der Waals surface area contributed by atoms with Crippen LogP contribution in [0.3, 0.4) is 0 Å². The second-order valence-corrected chi connectivity index (χ2v) is 0. The summed E-state index contributed by atoms with van der Waals surface area (Å²) in [5, 5.41) is 0. The van der Waals surface area contributed by atoms with Gasteiger partial charge >= 0.3 is 44.1 Å². The Labute approximate surface area is 77.0 Å². The van der Waals surface area contributed by atoms with E-state index in [1.54, 1.807) is 0 Å². The third-order valence-electron chi connectivity index (χ3n) is 0. The van der Waals surface area contributed by atoms with Crippen LogP contribution in [-0.4, -0.2) is 9.88 Å². The number of nitrogens with zero attached hydrogens (tertiary/aromatic N) is 4. The van der Waals surface area contributed by atoms with Crippen molar-refractivity contribution in [3.8, 4) is 0 Å². The molecule has 0 aromatic rings. The fourth-order valence-electron chi connectivity index (χ4n) is 0. The average molecular weight is 314 g/mol. The summed E-state index contributed by atoms with van der Waals surface area (Å²) in [6.45, 7) is 0. The molecule has 0 aromatic carbocycles. The van der Waals surface area contributed by atoms with Gasteiger partial charge in [0.2, 0.25) is 0 Å². The third kappa shape index (κ3) is 126. The van der Waals surface area contributed by atoms with Crippen molar-refractivity contribution >= 4 is 9.88 Å². The van der Waals surface area contributed by atoms with E-state index in [9.17, 15) is 0 Å². The largest absolute Gasteiger partial charge is 5.00 e. The van der Waals surface area contributed by atoms with Gasteiger partial charge in [0.15, 0.2) is 9.88 Å². The van der Waals surface area contributed by atoms with E-state index in [2.05, 4.69) is 0 Å². The average Bonchev–Trinajstić information content (AvgIpc) is 1.00. The van der Waals surface area contributed by atoms with Crippen LogP contribution in [-0.2, 0) is 44.1 Å². The standard InChI is InChI=1S/HNSi.3N.Ta.Ti/c1-2;;;;;/h2H;;;;;/q;3*-3;+5;+4. The van der Waals surface area contributed by atoms with Gasteiger partial charge in [0.1, 0.15) is 0 Å². The summed E-state index contributed by atoms with van der Waals surface area (Å²) in [7, 11) is 1.42. The summed E-state index contributed by atoms with van der Waals surface area (Å²) in [5.74, 6) is 0. The van der Waals surface area contributed by atoms with Crippen molar-refractivity contribution < 1.29 is 44.1 Å². The summed E-state index contributed by atoms with van der Waals surface area (Å²) in [4.78, 5) is 6.92. The van der Waals surface area contributed by atoms with Crippen molar-refractivity contribution in [2.45, 2.75) is 0 Å². The molecule has 0 amide bonds. The molecule has 0 atom stereocenters. The predicted octanol–water partition coefficient (Wildman–Crippen LogP) is 0.228. The SMILES string of the molecule is N#[SiH].[N-3].[N-3].[N-3].[Ta+5].[Ti+4]. The molecular weight excluding hydrogens is 313 g/mol. The zero-order valence-electron chi connectivity index (χ0n) is 3.31. The van der Waals surface area contributed by atoms with E-state index in [-0.39, 0.29) is 62.5 Å². The molecule has 4 nitrogen and oxygen atoms in total. The van der Waals surface area contributed by atoms with Crippen LogP contribution in [0.4, 0.5) is 0 Å². The molecule has 0 aliphatic rings. The van der Waals surface area contributed by atoms with Crippen LogP contribution in [0, 0.1) is 4.89 Å². The summed E-state index contributed by atoms with van der Waals surface area (Å²) in [5.41, 5.74) is 0. The van der Waals surface area contributed by atoms with E-state index >= 15 is 0 Å². The first-order chi connectivity index (χ1) is 1.00.